The van der Waals surface area contributed by atoms with Gasteiger partial charge in [-0.05, 0) is 105 Å². The van der Waals surface area contributed by atoms with Crippen LogP contribution in [0.1, 0.15) is 77.5 Å². The van der Waals surface area contributed by atoms with Gasteiger partial charge in [0.15, 0.2) is 0 Å². The third-order valence-electron chi connectivity index (χ3n) is 9.46. The van der Waals surface area contributed by atoms with E-state index in [-0.39, 0.29) is 12.0 Å². The first kappa shape index (κ1) is 19.4. The Morgan fingerprint density at radius 1 is 1.11 bits per heavy atom. The molecule has 4 nitrogen and oxygen atoms in total. The van der Waals surface area contributed by atoms with E-state index in [1.54, 1.807) is 6.92 Å². The fourth-order valence-corrected chi connectivity index (χ4v) is 7.71. The fraction of sp³-hybridized carbons (Fsp3) is 0.870. The van der Waals surface area contributed by atoms with Crippen molar-refractivity contribution >= 4 is 0 Å². The van der Waals surface area contributed by atoms with Gasteiger partial charge in [-0.3, -0.25) is 5.10 Å². The lowest BCUT2D eigenvalue weighted by atomic mass is 9.44. The molecular weight excluding hydrogens is 336 g/mol. The molecular formula is C23H38N2O2. The molecule has 1 aromatic rings. The van der Waals surface area contributed by atoms with Gasteiger partial charge < -0.3 is 10.2 Å². The molecule has 3 saturated carbocycles. The highest BCUT2D eigenvalue weighted by Crippen LogP contribution is 2.67. The van der Waals surface area contributed by atoms with Crippen LogP contribution in [-0.4, -0.2) is 32.6 Å². The molecule has 0 aromatic carbocycles. The number of hydrogen-bond acceptors (Lipinski definition) is 3. The van der Waals surface area contributed by atoms with Gasteiger partial charge >= 0.3 is 0 Å². The van der Waals surface area contributed by atoms with E-state index < -0.39 is 5.60 Å². The normalized spacial score (nSPS) is 47.8. The minimum atomic E-state index is -0.454. The Kier molecular flexibility index (Phi) is 4.74. The zero-order valence-electron chi connectivity index (χ0n) is 17.6. The van der Waals surface area contributed by atoms with E-state index in [0.717, 1.165) is 30.1 Å². The summed E-state index contributed by atoms with van der Waals surface area (Å²) in [5.41, 5.74) is 3.01. The van der Waals surface area contributed by atoms with Gasteiger partial charge in [0.25, 0.3) is 0 Å². The van der Waals surface area contributed by atoms with Crippen LogP contribution in [0.5, 0.6) is 0 Å². The van der Waals surface area contributed by atoms with Crippen molar-refractivity contribution in [2.24, 2.45) is 34.5 Å². The summed E-state index contributed by atoms with van der Waals surface area (Å²) in [7, 11) is 0. The standard InChI is InChI=1S/C21H32N2O.C2H6O/c1-19-11-13-12-22-23-18(13)10-14(19)4-5-15-16(19)6-8-20(2)17(15)7-9-21(20,3)24;1-2-3/h12,14-17,24H,4-11H2,1-3H3,(H,22,23);3H,2H2,1H3/t14-,15+,16-,17-,19-,20-,21-;/m0./s1. The highest BCUT2D eigenvalue weighted by Gasteiger charge is 2.63. The van der Waals surface area contributed by atoms with Gasteiger partial charge in [-0.1, -0.05) is 13.8 Å². The first-order valence-corrected chi connectivity index (χ1v) is 11.1. The number of aliphatic hydroxyl groups excluding tert-OH is 1. The largest absolute Gasteiger partial charge is 0.397 e. The molecule has 3 N–H and O–H groups in total. The summed E-state index contributed by atoms with van der Waals surface area (Å²) >= 11 is 0. The second kappa shape index (κ2) is 6.59. The van der Waals surface area contributed by atoms with Crippen molar-refractivity contribution in [2.45, 2.75) is 84.7 Å². The maximum absolute atomic E-state index is 11.0. The number of nitrogens with one attached hydrogen (secondary N) is 1. The summed E-state index contributed by atoms with van der Waals surface area (Å²) in [5, 5.41) is 26.2. The van der Waals surface area contributed by atoms with Gasteiger partial charge in [0, 0.05) is 12.3 Å². The topological polar surface area (TPSA) is 69.1 Å². The summed E-state index contributed by atoms with van der Waals surface area (Å²) in [4.78, 5) is 0. The Bertz CT molecular complexity index is 684. The van der Waals surface area contributed by atoms with E-state index in [2.05, 4.69) is 37.2 Å². The molecule has 1 aromatic heterocycles. The Labute approximate surface area is 164 Å². The molecule has 0 bridgehead atoms. The number of H-pyrrole nitrogens is 1. The second-order valence-electron chi connectivity index (χ2n) is 10.5. The molecule has 3 fully saturated rings. The number of rotatable bonds is 0. The predicted molar refractivity (Wildman–Crippen MR) is 107 cm³/mol. The highest BCUT2D eigenvalue weighted by atomic mass is 16.3. The van der Waals surface area contributed by atoms with Crippen molar-refractivity contribution < 1.29 is 10.2 Å². The van der Waals surface area contributed by atoms with E-state index in [4.69, 9.17) is 5.11 Å². The summed E-state index contributed by atoms with van der Waals surface area (Å²) in [6.45, 7) is 9.02. The van der Waals surface area contributed by atoms with Crippen LogP contribution in [0.2, 0.25) is 0 Å². The lowest BCUT2D eigenvalue weighted by Crippen LogP contribution is -2.56. The van der Waals surface area contributed by atoms with Crippen LogP contribution in [0.3, 0.4) is 0 Å². The van der Waals surface area contributed by atoms with Crippen LogP contribution >= 0.6 is 0 Å². The van der Waals surface area contributed by atoms with Crippen molar-refractivity contribution in [3.63, 3.8) is 0 Å². The average molecular weight is 375 g/mol. The zero-order valence-corrected chi connectivity index (χ0v) is 17.6. The SMILES string of the molecule is CCO.C[C@]12Cc3cn[nH]c3C[C@@H]1CC[C@@H]1[C@@H]2CC[C@@]2(C)[C@H]1CC[C@]2(C)O. The maximum atomic E-state index is 11.0. The van der Waals surface area contributed by atoms with Gasteiger partial charge in [-0.25, -0.2) is 0 Å². The number of aromatic amines is 1. The number of fused-ring (bicyclic) bond motifs is 6. The van der Waals surface area contributed by atoms with Crippen molar-refractivity contribution in [1.29, 1.82) is 0 Å². The third-order valence-corrected chi connectivity index (χ3v) is 9.46. The third kappa shape index (κ3) is 2.73. The lowest BCUT2D eigenvalue weighted by molar-refractivity contribution is -0.139. The molecule has 4 aliphatic carbocycles. The molecule has 4 aliphatic rings. The maximum Gasteiger partial charge on any atom is 0.0675 e. The van der Waals surface area contributed by atoms with E-state index in [1.165, 1.54) is 56.2 Å². The lowest BCUT2D eigenvalue weighted by Gasteiger charge is -2.60. The van der Waals surface area contributed by atoms with Gasteiger partial charge in [-0.2, -0.15) is 5.10 Å². The minimum Gasteiger partial charge on any atom is -0.397 e. The van der Waals surface area contributed by atoms with Crippen LogP contribution in [0.25, 0.3) is 0 Å². The molecule has 152 valence electrons. The molecule has 0 aliphatic heterocycles. The zero-order chi connectivity index (χ0) is 19.4. The molecule has 0 radical (unpaired) electrons. The van der Waals surface area contributed by atoms with Crippen molar-refractivity contribution in [3.05, 3.63) is 17.5 Å². The fourth-order valence-electron chi connectivity index (χ4n) is 7.71. The van der Waals surface area contributed by atoms with Crippen LogP contribution < -0.4 is 0 Å². The summed E-state index contributed by atoms with van der Waals surface area (Å²) in [6.07, 6.45) is 12.0. The van der Waals surface area contributed by atoms with E-state index in [9.17, 15) is 5.11 Å². The van der Waals surface area contributed by atoms with Gasteiger partial charge in [-0.15, -0.1) is 0 Å². The molecule has 0 unspecified atom stereocenters. The van der Waals surface area contributed by atoms with Crippen molar-refractivity contribution in [2.75, 3.05) is 6.61 Å². The van der Waals surface area contributed by atoms with E-state index >= 15 is 0 Å². The molecule has 0 saturated heterocycles. The first-order chi connectivity index (χ1) is 12.8. The number of aromatic nitrogens is 2. The Balaban J connectivity index is 0.000000565. The monoisotopic (exact) mass is 374 g/mol. The molecule has 4 heteroatoms. The average Bonchev–Trinajstić information content (AvgIpc) is 3.14. The quantitative estimate of drug-likeness (QED) is 0.640. The van der Waals surface area contributed by atoms with E-state index in [0.29, 0.717) is 5.41 Å². The molecule has 1 heterocycles. The number of aliphatic hydroxyl groups is 2. The van der Waals surface area contributed by atoms with Gasteiger partial charge in [0.05, 0.1) is 11.8 Å². The van der Waals surface area contributed by atoms with Gasteiger partial charge in [0.1, 0.15) is 0 Å². The van der Waals surface area contributed by atoms with Crippen LogP contribution in [0.4, 0.5) is 0 Å². The molecule has 0 amide bonds. The van der Waals surface area contributed by atoms with Crippen LogP contribution in [0.15, 0.2) is 6.20 Å². The number of hydrogen-bond donors (Lipinski definition) is 3. The Hall–Kier alpha value is -0.870. The van der Waals surface area contributed by atoms with Gasteiger partial charge in [0.2, 0.25) is 0 Å². The smallest absolute Gasteiger partial charge is 0.0675 e. The van der Waals surface area contributed by atoms with E-state index in [1.807, 2.05) is 0 Å². The Morgan fingerprint density at radius 3 is 2.56 bits per heavy atom. The molecule has 7 atom stereocenters. The Morgan fingerprint density at radius 2 is 1.81 bits per heavy atom. The minimum absolute atomic E-state index is 0.146. The molecule has 5 rings (SSSR count). The summed E-state index contributed by atoms with van der Waals surface area (Å²) in [5.74, 6) is 3.21. The van der Waals surface area contributed by atoms with Crippen molar-refractivity contribution in [3.8, 4) is 0 Å². The number of nitrogens with zero attached hydrogens (tertiary/aromatic N) is 1. The molecule has 0 spiro atoms. The predicted octanol–water partition coefficient (Wildman–Crippen LogP) is 4.12. The first-order valence-electron chi connectivity index (χ1n) is 11.1. The van der Waals surface area contributed by atoms with Crippen LogP contribution in [0, 0.1) is 34.5 Å². The summed E-state index contributed by atoms with van der Waals surface area (Å²) < 4.78 is 0. The highest BCUT2D eigenvalue weighted by molar-refractivity contribution is 5.26. The second-order valence-corrected chi connectivity index (χ2v) is 10.5. The van der Waals surface area contributed by atoms with Crippen LogP contribution in [-0.2, 0) is 12.8 Å². The summed E-state index contributed by atoms with van der Waals surface area (Å²) in [6, 6.07) is 0. The van der Waals surface area contributed by atoms with Crippen molar-refractivity contribution in [1.82, 2.24) is 10.2 Å². The molecule has 27 heavy (non-hydrogen) atoms.